The van der Waals surface area contributed by atoms with Gasteiger partial charge in [0.15, 0.2) is 23.3 Å². The smallest absolute Gasteiger partial charge is 0.200 e. The van der Waals surface area contributed by atoms with Crippen LogP contribution in [-0.2, 0) is 4.32 Å². The van der Waals surface area contributed by atoms with Gasteiger partial charge in [0.25, 0.3) is 0 Å². The minimum Gasteiger partial charge on any atom is -0.353 e. The number of fused-ring (bicyclic) bond motifs is 7. The van der Waals surface area contributed by atoms with Gasteiger partial charge in [-0.1, -0.05) is 31.9 Å². The van der Waals surface area contributed by atoms with Crippen LogP contribution in [0.4, 0.5) is 22.0 Å². The van der Waals surface area contributed by atoms with Crippen molar-refractivity contribution in [3.05, 3.63) is 104 Å². The molecular formula is C26H7Br8F5N4. The van der Waals surface area contributed by atoms with E-state index in [1.54, 1.807) is 6.08 Å². The number of aromatic nitrogens is 3. The van der Waals surface area contributed by atoms with E-state index in [9.17, 15) is 13.2 Å². The third kappa shape index (κ3) is 5.01. The summed E-state index contributed by atoms with van der Waals surface area (Å²) in [5, 5.41) is 2.12. The second kappa shape index (κ2) is 11.6. The molecule has 4 nitrogen and oxygen atoms in total. The number of aliphatic imine (C=N–C) groups is 1. The molecule has 1 atom stereocenters. The number of hydrogen-bond acceptors (Lipinski definition) is 1. The first kappa shape index (κ1) is 32.4. The van der Waals surface area contributed by atoms with Crippen LogP contribution in [0.2, 0.25) is 0 Å². The fourth-order valence-corrected chi connectivity index (χ4v) is 8.47. The fraction of sp³-hybridized carbons (Fsp3) is 0.0385. The van der Waals surface area contributed by atoms with Crippen LogP contribution in [0.15, 0.2) is 42.0 Å². The van der Waals surface area contributed by atoms with Crippen molar-refractivity contribution in [3.63, 3.8) is 0 Å². The van der Waals surface area contributed by atoms with E-state index < -0.39 is 39.0 Å². The van der Waals surface area contributed by atoms with Crippen molar-refractivity contribution >= 4 is 157 Å². The minimum atomic E-state index is -2.27. The molecule has 1 unspecified atom stereocenters. The first-order chi connectivity index (χ1) is 20.2. The second-order valence-electron chi connectivity index (χ2n) is 9.12. The van der Waals surface area contributed by atoms with Crippen molar-refractivity contribution in [1.82, 2.24) is 15.0 Å². The van der Waals surface area contributed by atoms with Gasteiger partial charge in [-0.05, 0) is 120 Å². The lowest BCUT2D eigenvalue weighted by Crippen LogP contribution is -2.31. The molecule has 0 amide bonds. The largest absolute Gasteiger partial charge is 0.353 e. The van der Waals surface area contributed by atoms with E-state index in [2.05, 4.69) is 147 Å². The molecule has 0 aliphatic carbocycles. The lowest BCUT2D eigenvalue weighted by molar-refractivity contribution is 0.369. The molecule has 6 rings (SSSR count). The number of H-pyrrole nitrogens is 3. The minimum absolute atomic E-state index is 0.00396. The van der Waals surface area contributed by atoms with Gasteiger partial charge < -0.3 is 15.0 Å². The molecule has 3 N–H and O–H groups in total. The van der Waals surface area contributed by atoms with E-state index in [1.807, 2.05) is 12.2 Å². The zero-order chi connectivity index (χ0) is 31.3. The number of hydrogen-bond donors (Lipinski definition) is 3. The van der Waals surface area contributed by atoms with Crippen molar-refractivity contribution < 1.29 is 22.0 Å². The number of nitrogens with one attached hydrogen (secondary N) is 3. The third-order valence-electron chi connectivity index (χ3n) is 6.62. The Labute approximate surface area is 304 Å². The van der Waals surface area contributed by atoms with Crippen LogP contribution in [-0.4, -0.2) is 20.7 Å². The molecule has 4 aromatic rings. The Bertz CT molecular complexity index is 2220. The van der Waals surface area contributed by atoms with E-state index in [0.717, 1.165) is 14.6 Å². The summed E-state index contributed by atoms with van der Waals surface area (Å²) >= 11 is 28.1. The molecule has 0 spiro atoms. The van der Waals surface area contributed by atoms with Crippen LogP contribution in [0.25, 0.3) is 24.3 Å². The highest BCUT2D eigenvalue weighted by molar-refractivity contribution is 9.14. The number of benzene rings is 1. The Morgan fingerprint density at radius 1 is 0.512 bits per heavy atom. The van der Waals surface area contributed by atoms with E-state index in [1.165, 1.54) is 6.08 Å². The molecule has 1 aromatic carbocycles. The molecule has 2 aliphatic rings. The van der Waals surface area contributed by atoms with Gasteiger partial charge in [0.1, 0.15) is 4.32 Å². The van der Waals surface area contributed by atoms with Gasteiger partial charge in [-0.3, -0.25) is 4.99 Å². The molecule has 0 saturated carbocycles. The zero-order valence-electron chi connectivity index (χ0n) is 20.2. The number of alkyl halides is 1. The monoisotopic (exact) mass is 1100 g/mol. The van der Waals surface area contributed by atoms with Crippen molar-refractivity contribution in [2.24, 2.45) is 4.99 Å². The Morgan fingerprint density at radius 3 is 1.37 bits per heavy atom. The van der Waals surface area contributed by atoms with Gasteiger partial charge >= 0.3 is 0 Å². The molecule has 43 heavy (non-hydrogen) atoms. The molecule has 222 valence electrons. The van der Waals surface area contributed by atoms with Gasteiger partial charge in [0, 0.05) is 4.48 Å². The van der Waals surface area contributed by atoms with Crippen LogP contribution in [0.1, 0.15) is 17.0 Å². The van der Waals surface area contributed by atoms with Gasteiger partial charge in [-0.2, -0.15) is 0 Å². The summed E-state index contributed by atoms with van der Waals surface area (Å²) in [5.74, 6) is -10.4. The maximum atomic E-state index is 15.4. The van der Waals surface area contributed by atoms with Gasteiger partial charge in [-0.25, -0.2) is 22.0 Å². The number of allylic oxidation sites excluding steroid dienone is 2. The van der Waals surface area contributed by atoms with Crippen LogP contribution < -0.4 is 21.4 Å². The molecule has 0 saturated heterocycles. The summed E-state index contributed by atoms with van der Waals surface area (Å²) in [6.45, 7) is 0. The van der Waals surface area contributed by atoms with Crippen LogP contribution in [0, 0.1) is 29.1 Å². The second-order valence-corrected chi connectivity index (χ2v) is 15.9. The zero-order valence-corrected chi connectivity index (χ0v) is 32.9. The first-order valence-corrected chi connectivity index (χ1v) is 17.8. The summed E-state index contributed by atoms with van der Waals surface area (Å²) in [7, 11) is 0. The predicted octanol–water partition coefficient (Wildman–Crippen LogP) is 8.53. The molecule has 5 heterocycles. The Kier molecular flexibility index (Phi) is 8.73. The maximum Gasteiger partial charge on any atom is 0.200 e. The Morgan fingerprint density at radius 2 is 0.907 bits per heavy atom. The quantitative estimate of drug-likeness (QED) is 0.0742. The van der Waals surface area contributed by atoms with Gasteiger partial charge in [-0.15, -0.1) is 0 Å². The number of halogens is 13. The van der Waals surface area contributed by atoms with Gasteiger partial charge in [0.05, 0.1) is 76.6 Å². The summed E-state index contributed by atoms with van der Waals surface area (Å²) in [6, 6.07) is 0. The first-order valence-electron chi connectivity index (χ1n) is 11.5. The topological polar surface area (TPSA) is 59.7 Å². The average Bonchev–Trinajstić information content (AvgIpc) is 3.58. The number of aromatic amines is 3. The van der Waals surface area contributed by atoms with Crippen molar-refractivity contribution in [2.75, 3.05) is 0 Å². The molecule has 0 radical (unpaired) electrons. The third-order valence-corrected chi connectivity index (χ3v) is 15.9. The highest BCUT2D eigenvalue weighted by Gasteiger charge is 2.49. The summed E-state index contributed by atoms with van der Waals surface area (Å²) < 4.78 is 75.5. The molecule has 17 heteroatoms. The van der Waals surface area contributed by atoms with Crippen LogP contribution in [0.5, 0.6) is 0 Å². The normalized spacial score (nSPS) is 20.2. The lowest BCUT2D eigenvalue weighted by atomic mass is 9.92. The highest BCUT2D eigenvalue weighted by atomic mass is 79.9. The Hall–Kier alpha value is -0.560. The fourth-order valence-electron chi connectivity index (χ4n) is 4.55. The maximum absolute atomic E-state index is 15.4. The SMILES string of the molecule is Fc1c(F)c(F)c(C2(Br)C3=NC(=C2Br)/C=c2\[nH]/c(c(Br)c2Br)=C\c2[nH]c(c(Br)c2Br)/C=c2\[nH]c(c(Br)c2Br)=C3)c(F)c1F. The summed E-state index contributed by atoms with van der Waals surface area (Å²) in [4.78, 5) is 14.4. The molecule has 2 aliphatic heterocycles. The van der Waals surface area contributed by atoms with E-state index in [-0.39, 0.29) is 15.9 Å². The number of nitrogens with zero attached hydrogens (tertiary/aromatic N) is 1. The van der Waals surface area contributed by atoms with E-state index in [4.69, 9.17) is 0 Å². The van der Waals surface area contributed by atoms with Crippen molar-refractivity contribution in [2.45, 2.75) is 4.32 Å². The van der Waals surface area contributed by atoms with Crippen LogP contribution in [0.3, 0.4) is 0 Å². The van der Waals surface area contributed by atoms with Crippen molar-refractivity contribution in [3.8, 4) is 0 Å². The average molecular weight is 1110 g/mol. The van der Waals surface area contributed by atoms with Gasteiger partial charge in [0.2, 0.25) is 5.82 Å². The molecule has 0 fully saturated rings. The van der Waals surface area contributed by atoms with E-state index >= 15 is 8.78 Å². The van der Waals surface area contributed by atoms with Crippen molar-refractivity contribution in [1.29, 1.82) is 0 Å². The standard InChI is InChI=1S/C26H7Br8F5N4/c27-14-5-1-7-16(29)18(31)9(41-7)3-11-25(33)26(34,13-20(35)22(37)24(39)23(38)21(13)36)12(43-11)4-10-19(32)17(30)8(42-10)2-6(40-5)15(14)28/h1-4,40-42H/b7-1-,8-2-,9-3-,10-4?. The molecule has 8 bridgehead atoms. The summed E-state index contributed by atoms with van der Waals surface area (Å²) in [5.41, 5.74) is 0.350. The molecular weight excluding hydrogens is 1100 g/mol. The Balaban J connectivity index is 1.78. The predicted molar refractivity (Wildman–Crippen MR) is 183 cm³/mol. The van der Waals surface area contributed by atoms with E-state index in [0.29, 0.717) is 45.0 Å². The molecule has 3 aromatic heterocycles. The number of rotatable bonds is 1. The van der Waals surface area contributed by atoms with Crippen LogP contribution >= 0.6 is 127 Å². The lowest BCUT2D eigenvalue weighted by Gasteiger charge is -2.26. The summed E-state index contributed by atoms with van der Waals surface area (Å²) in [6.07, 6.45) is 6.66. The highest BCUT2D eigenvalue weighted by Crippen LogP contribution is 2.52.